The number of hydrogen-bond acceptors (Lipinski definition) is 5. The summed E-state index contributed by atoms with van der Waals surface area (Å²) in [6, 6.07) is 14.2. The topological polar surface area (TPSA) is 75.7 Å². The SMILES string of the molecule is CSc1cccc(N2C[C@@H](C(=O)OCC(=O)Nc3ccc(Cl)cc3)CC2=O)c1. The fourth-order valence-electron chi connectivity index (χ4n) is 2.88. The molecule has 2 amide bonds. The number of anilines is 2. The van der Waals surface area contributed by atoms with E-state index < -0.39 is 24.4 Å². The normalized spacial score (nSPS) is 16.1. The van der Waals surface area contributed by atoms with Gasteiger partial charge in [0.15, 0.2) is 6.61 Å². The number of amides is 2. The largest absolute Gasteiger partial charge is 0.455 e. The smallest absolute Gasteiger partial charge is 0.311 e. The summed E-state index contributed by atoms with van der Waals surface area (Å²) in [5.74, 6) is -1.73. The van der Waals surface area contributed by atoms with Crippen LogP contribution < -0.4 is 10.2 Å². The first-order valence-electron chi connectivity index (χ1n) is 8.62. The Morgan fingerprint density at radius 3 is 2.71 bits per heavy atom. The number of benzene rings is 2. The summed E-state index contributed by atoms with van der Waals surface area (Å²) in [6.07, 6.45) is 2.03. The predicted octanol–water partition coefficient (Wildman–Crippen LogP) is 3.60. The molecular formula is C20H19ClN2O4S. The minimum Gasteiger partial charge on any atom is -0.455 e. The zero-order chi connectivity index (χ0) is 20.1. The second-order valence-corrected chi connectivity index (χ2v) is 7.59. The number of carbonyl (C=O) groups excluding carboxylic acids is 3. The number of halogens is 1. The molecule has 28 heavy (non-hydrogen) atoms. The summed E-state index contributed by atoms with van der Waals surface area (Å²) in [6.45, 7) is -0.164. The van der Waals surface area contributed by atoms with E-state index in [4.69, 9.17) is 16.3 Å². The predicted molar refractivity (Wildman–Crippen MR) is 110 cm³/mol. The molecule has 0 bridgehead atoms. The number of hydrogen-bond donors (Lipinski definition) is 1. The van der Waals surface area contributed by atoms with Crippen molar-refractivity contribution in [1.82, 2.24) is 0 Å². The van der Waals surface area contributed by atoms with Crippen LogP contribution in [0.4, 0.5) is 11.4 Å². The summed E-state index contributed by atoms with van der Waals surface area (Å²) in [5, 5.41) is 3.17. The fourth-order valence-corrected chi connectivity index (χ4v) is 3.46. The lowest BCUT2D eigenvalue weighted by atomic mass is 10.1. The number of rotatable bonds is 6. The molecule has 0 radical (unpaired) electrons. The Morgan fingerprint density at radius 2 is 2.00 bits per heavy atom. The molecule has 1 fully saturated rings. The summed E-state index contributed by atoms with van der Waals surface area (Å²) in [7, 11) is 0. The fraction of sp³-hybridized carbons (Fsp3) is 0.250. The van der Waals surface area contributed by atoms with E-state index in [1.807, 2.05) is 30.5 Å². The molecule has 1 saturated heterocycles. The lowest BCUT2D eigenvalue weighted by Gasteiger charge is -2.17. The van der Waals surface area contributed by atoms with E-state index in [1.54, 1.807) is 40.9 Å². The van der Waals surface area contributed by atoms with Gasteiger partial charge >= 0.3 is 5.97 Å². The van der Waals surface area contributed by atoms with E-state index in [0.717, 1.165) is 10.6 Å². The van der Waals surface area contributed by atoms with Gasteiger partial charge in [-0.25, -0.2) is 0 Å². The maximum absolute atomic E-state index is 12.3. The molecule has 1 N–H and O–H groups in total. The third kappa shape index (κ3) is 5.05. The van der Waals surface area contributed by atoms with Gasteiger partial charge in [-0.1, -0.05) is 17.7 Å². The zero-order valence-electron chi connectivity index (χ0n) is 15.2. The number of carbonyl (C=O) groups is 3. The summed E-state index contributed by atoms with van der Waals surface area (Å²) in [4.78, 5) is 39.2. The van der Waals surface area contributed by atoms with Crippen LogP contribution in [0, 0.1) is 5.92 Å². The first-order chi connectivity index (χ1) is 13.5. The molecule has 8 heteroatoms. The molecule has 1 aliphatic rings. The van der Waals surface area contributed by atoms with Crippen LogP contribution in [-0.4, -0.2) is 37.2 Å². The van der Waals surface area contributed by atoms with Crippen LogP contribution in [-0.2, 0) is 19.1 Å². The summed E-state index contributed by atoms with van der Waals surface area (Å²) in [5.41, 5.74) is 1.31. The molecule has 0 saturated carbocycles. The van der Waals surface area contributed by atoms with Crippen molar-refractivity contribution in [2.75, 3.05) is 29.6 Å². The second-order valence-electron chi connectivity index (χ2n) is 6.27. The highest BCUT2D eigenvalue weighted by Crippen LogP contribution is 2.28. The Hall–Kier alpha value is -2.51. The Labute approximate surface area is 172 Å². The van der Waals surface area contributed by atoms with Crippen molar-refractivity contribution in [3.63, 3.8) is 0 Å². The van der Waals surface area contributed by atoms with Crippen LogP contribution in [0.15, 0.2) is 53.4 Å². The van der Waals surface area contributed by atoms with Gasteiger partial charge in [-0.15, -0.1) is 11.8 Å². The summed E-state index contributed by atoms with van der Waals surface area (Å²) >= 11 is 7.38. The first-order valence-corrected chi connectivity index (χ1v) is 10.2. The van der Waals surface area contributed by atoms with E-state index in [9.17, 15) is 14.4 Å². The van der Waals surface area contributed by atoms with E-state index in [2.05, 4.69) is 5.32 Å². The number of nitrogens with one attached hydrogen (secondary N) is 1. The quantitative estimate of drug-likeness (QED) is 0.573. The van der Waals surface area contributed by atoms with Gasteiger partial charge in [-0.2, -0.15) is 0 Å². The van der Waals surface area contributed by atoms with Crippen molar-refractivity contribution in [2.45, 2.75) is 11.3 Å². The van der Waals surface area contributed by atoms with Gasteiger partial charge in [0.25, 0.3) is 5.91 Å². The number of esters is 1. The molecular weight excluding hydrogens is 400 g/mol. The van der Waals surface area contributed by atoms with Gasteiger partial charge in [-0.05, 0) is 48.7 Å². The highest BCUT2D eigenvalue weighted by atomic mass is 35.5. The molecule has 2 aromatic rings. The third-order valence-electron chi connectivity index (χ3n) is 4.30. The molecule has 0 spiro atoms. The van der Waals surface area contributed by atoms with Crippen molar-refractivity contribution >= 4 is 52.5 Å². The number of ether oxygens (including phenoxy) is 1. The van der Waals surface area contributed by atoms with E-state index in [-0.39, 0.29) is 18.9 Å². The standard InChI is InChI=1S/C20H19ClN2O4S/c1-28-17-4-2-3-16(10-17)23-11-13(9-19(23)25)20(26)27-12-18(24)22-15-7-5-14(21)6-8-15/h2-8,10,13H,9,11-12H2,1H3,(H,22,24)/t13-/m0/s1. The highest BCUT2D eigenvalue weighted by Gasteiger charge is 2.36. The Bertz CT molecular complexity index is 888. The molecule has 3 rings (SSSR count). The van der Waals surface area contributed by atoms with Crippen LogP contribution in [0.25, 0.3) is 0 Å². The third-order valence-corrected chi connectivity index (χ3v) is 5.27. The maximum Gasteiger partial charge on any atom is 0.311 e. The molecule has 6 nitrogen and oxygen atoms in total. The van der Waals surface area contributed by atoms with Crippen molar-refractivity contribution in [3.8, 4) is 0 Å². The molecule has 1 heterocycles. The molecule has 0 aromatic heterocycles. The van der Waals surface area contributed by atoms with Crippen molar-refractivity contribution in [2.24, 2.45) is 5.92 Å². The van der Waals surface area contributed by atoms with Crippen LogP contribution in [0.3, 0.4) is 0 Å². The Morgan fingerprint density at radius 1 is 1.25 bits per heavy atom. The van der Waals surface area contributed by atoms with Crippen LogP contribution in [0.5, 0.6) is 0 Å². The Kier molecular flexibility index (Phi) is 6.59. The molecule has 1 atom stereocenters. The average molecular weight is 419 g/mol. The lowest BCUT2D eigenvalue weighted by Crippen LogP contribution is -2.28. The van der Waals surface area contributed by atoms with Gasteiger partial charge in [-0.3, -0.25) is 14.4 Å². The summed E-state index contributed by atoms with van der Waals surface area (Å²) < 4.78 is 5.10. The van der Waals surface area contributed by atoms with Crippen molar-refractivity contribution in [1.29, 1.82) is 0 Å². The van der Waals surface area contributed by atoms with Gasteiger partial charge in [0.2, 0.25) is 5.91 Å². The van der Waals surface area contributed by atoms with Gasteiger partial charge < -0.3 is 15.0 Å². The molecule has 0 unspecified atom stereocenters. The first kappa shape index (κ1) is 20.2. The second kappa shape index (κ2) is 9.12. The van der Waals surface area contributed by atoms with Gasteiger partial charge in [0.1, 0.15) is 0 Å². The monoisotopic (exact) mass is 418 g/mol. The molecule has 1 aliphatic heterocycles. The van der Waals surface area contributed by atoms with Crippen molar-refractivity contribution in [3.05, 3.63) is 53.6 Å². The minimum absolute atomic E-state index is 0.0706. The van der Waals surface area contributed by atoms with E-state index in [1.165, 1.54) is 0 Å². The minimum atomic E-state index is -0.589. The van der Waals surface area contributed by atoms with Gasteiger partial charge in [0, 0.05) is 34.3 Å². The van der Waals surface area contributed by atoms with Crippen LogP contribution in [0.1, 0.15) is 6.42 Å². The van der Waals surface area contributed by atoms with Crippen molar-refractivity contribution < 1.29 is 19.1 Å². The van der Waals surface area contributed by atoms with Gasteiger partial charge in [0.05, 0.1) is 5.92 Å². The van der Waals surface area contributed by atoms with E-state index >= 15 is 0 Å². The average Bonchev–Trinajstić information content (AvgIpc) is 3.10. The van der Waals surface area contributed by atoms with Crippen LogP contribution in [0.2, 0.25) is 5.02 Å². The lowest BCUT2D eigenvalue weighted by molar-refractivity contribution is -0.151. The molecule has 146 valence electrons. The zero-order valence-corrected chi connectivity index (χ0v) is 16.8. The number of nitrogens with zero attached hydrogens (tertiary/aromatic N) is 1. The molecule has 0 aliphatic carbocycles. The number of thioether (sulfide) groups is 1. The molecule has 2 aromatic carbocycles. The maximum atomic E-state index is 12.3. The van der Waals surface area contributed by atoms with E-state index in [0.29, 0.717) is 10.7 Å². The Balaban J connectivity index is 1.52. The highest BCUT2D eigenvalue weighted by molar-refractivity contribution is 7.98. The van der Waals surface area contributed by atoms with Crippen LogP contribution >= 0.6 is 23.4 Å².